The van der Waals surface area contributed by atoms with Gasteiger partial charge >= 0.3 is 0 Å². The lowest BCUT2D eigenvalue weighted by Crippen LogP contribution is -2.42. The van der Waals surface area contributed by atoms with Crippen molar-refractivity contribution in [2.75, 3.05) is 0 Å². The van der Waals surface area contributed by atoms with Crippen molar-refractivity contribution in [3.05, 3.63) is 29.3 Å². The van der Waals surface area contributed by atoms with E-state index < -0.39 is 6.10 Å². The molecule has 0 aromatic heterocycles. The molecular weight excluding hydrogens is 254 g/mol. The number of carbonyl (C=O) groups excluding carboxylic acids is 1. The van der Waals surface area contributed by atoms with E-state index in [4.69, 9.17) is 4.74 Å². The molecule has 1 rings (SSSR count). The largest absolute Gasteiger partial charge is 0.481 e. The van der Waals surface area contributed by atoms with Crippen LogP contribution in [0.2, 0.25) is 0 Å². The van der Waals surface area contributed by atoms with Crippen LogP contribution in [-0.4, -0.2) is 23.2 Å². The Morgan fingerprint density at radius 2 is 2.00 bits per heavy atom. The van der Waals surface area contributed by atoms with E-state index in [1.165, 1.54) is 0 Å². The van der Waals surface area contributed by atoms with Crippen molar-refractivity contribution in [1.29, 1.82) is 0 Å². The van der Waals surface area contributed by atoms with Gasteiger partial charge in [0.2, 0.25) is 0 Å². The first-order valence-electron chi connectivity index (χ1n) is 7.19. The van der Waals surface area contributed by atoms with Crippen LogP contribution in [0.25, 0.3) is 0 Å². The third-order valence-corrected chi connectivity index (χ3v) is 3.39. The molecule has 0 radical (unpaired) electrons. The van der Waals surface area contributed by atoms with Gasteiger partial charge in [-0.3, -0.25) is 4.79 Å². The molecule has 4 nitrogen and oxygen atoms in total. The third-order valence-electron chi connectivity index (χ3n) is 3.39. The van der Waals surface area contributed by atoms with Crippen molar-refractivity contribution in [2.24, 2.45) is 0 Å². The Labute approximate surface area is 121 Å². The molecule has 112 valence electrons. The summed E-state index contributed by atoms with van der Waals surface area (Å²) in [6, 6.07) is 5.74. The number of aryl methyl sites for hydroxylation is 1. The molecule has 0 saturated carbocycles. The highest BCUT2D eigenvalue weighted by Crippen LogP contribution is 2.21. The summed E-state index contributed by atoms with van der Waals surface area (Å²) >= 11 is 0. The van der Waals surface area contributed by atoms with Gasteiger partial charge in [-0.1, -0.05) is 31.5 Å². The zero-order chi connectivity index (χ0) is 15.1. The van der Waals surface area contributed by atoms with Gasteiger partial charge in [0.15, 0.2) is 6.10 Å². The third kappa shape index (κ3) is 4.53. The summed E-state index contributed by atoms with van der Waals surface area (Å²) in [5, 5.41) is 12.3. The molecule has 1 aromatic carbocycles. The zero-order valence-corrected chi connectivity index (χ0v) is 12.8. The summed E-state index contributed by atoms with van der Waals surface area (Å²) in [4.78, 5) is 12.0. The van der Waals surface area contributed by atoms with Gasteiger partial charge in [-0.05, 0) is 32.8 Å². The maximum Gasteiger partial charge on any atom is 0.260 e. The van der Waals surface area contributed by atoms with Gasteiger partial charge in [0, 0.05) is 11.6 Å². The molecule has 0 bridgehead atoms. The molecule has 0 heterocycles. The summed E-state index contributed by atoms with van der Waals surface area (Å²) in [5.74, 6) is 0.438. The average Bonchev–Trinajstić information content (AvgIpc) is 2.45. The second kappa shape index (κ2) is 7.90. The van der Waals surface area contributed by atoms with Gasteiger partial charge in [-0.25, -0.2) is 0 Å². The van der Waals surface area contributed by atoms with Gasteiger partial charge < -0.3 is 15.2 Å². The molecule has 1 unspecified atom stereocenters. The van der Waals surface area contributed by atoms with Gasteiger partial charge in [0.25, 0.3) is 5.91 Å². The quantitative estimate of drug-likeness (QED) is 0.806. The maximum absolute atomic E-state index is 12.0. The number of carbonyl (C=O) groups is 1. The second-order valence-corrected chi connectivity index (χ2v) is 5.05. The lowest BCUT2D eigenvalue weighted by molar-refractivity contribution is -0.128. The fourth-order valence-electron chi connectivity index (χ4n) is 2.00. The Morgan fingerprint density at radius 3 is 2.55 bits per heavy atom. The number of amides is 1. The predicted molar refractivity (Wildman–Crippen MR) is 79.7 cm³/mol. The second-order valence-electron chi connectivity index (χ2n) is 5.05. The summed E-state index contributed by atoms with van der Waals surface area (Å²) < 4.78 is 5.67. The number of benzene rings is 1. The van der Waals surface area contributed by atoms with Gasteiger partial charge in [0.1, 0.15) is 5.75 Å². The number of aliphatic hydroxyl groups is 1. The number of rotatable bonds is 7. The molecule has 4 heteroatoms. The number of hydrogen-bond donors (Lipinski definition) is 2. The lowest BCUT2D eigenvalue weighted by Gasteiger charge is -2.20. The van der Waals surface area contributed by atoms with Crippen LogP contribution in [0.15, 0.2) is 18.2 Å². The SMILES string of the molecule is CCC(CC)NC(=O)C(C)Oc1ccc(C)cc1CO. The summed E-state index contributed by atoms with van der Waals surface area (Å²) in [7, 11) is 0. The fraction of sp³-hybridized carbons (Fsp3) is 0.562. The standard InChI is InChI=1S/C16H25NO3/c1-5-14(6-2)17-16(19)12(4)20-15-8-7-11(3)9-13(15)10-18/h7-9,12,14,18H,5-6,10H2,1-4H3,(H,17,19). The van der Waals surface area contributed by atoms with Crippen LogP contribution in [-0.2, 0) is 11.4 Å². The van der Waals surface area contributed by atoms with Gasteiger partial charge in [0.05, 0.1) is 6.61 Å². The number of nitrogens with one attached hydrogen (secondary N) is 1. The van der Waals surface area contributed by atoms with Crippen molar-refractivity contribution in [1.82, 2.24) is 5.32 Å². The number of hydrogen-bond acceptors (Lipinski definition) is 3. The van der Waals surface area contributed by atoms with E-state index in [0.29, 0.717) is 11.3 Å². The molecule has 2 N–H and O–H groups in total. The van der Waals surface area contributed by atoms with Crippen LogP contribution in [0.5, 0.6) is 5.75 Å². The van der Waals surface area contributed by atoms with Gasteiger partial charge in [-0.15, -0.1) is 0 Å². The van der Waals surface area contributed by atoms with Crippen LogP contribution >= 0.6 is 0 Å². The molecule has 0 aliphatic carbocycles. The van der Waals surface area contributed by atoms with E-state index in [-0.39, 0.29) is 18.6 Å². The van der Waals surface area contributed by atoms with E-state index >= 15 is 0 Å². The Bertz CT molecular complexity index is 441. The van der Waals surface area contributed by atoms with Crippen molar-refractivity contribution < 1.29 is 14.6 Å². The highest BCUT2D eigenvalue weighted by Gasteiger charge is 2.18. The molecule has 1 amide bonds. The van der Waals surface area contributed by atoms with E-state index in [0.717, 1.165) is 18.4 Å². The van der Waals surface area contributed by atoms with Crippen molar-refractivity contribution >= 4 is 5.91 Å². The number of ether oxygens (including phenoxy) is 1. The van der Waals surface area contributed by atoms with E-state index in [2.05, 4.69) is 5.32 Å². The fourth-order valence-corrected chi connectivity index (χ4v) is 2.00. The average molecular weight is 279 g/mol. The predicted octanol–water partition coefficient (Wildman–Crippen LogP) is 2.56. The van der Waals surface area contributed by atoms with E-state index in [1.54, 1.807) is 13.0 Å². The monoisotopic (exact) mass is 279 g/mol. The summed E-state index contributed by atoms with van der Waals surface area (Å²) in [6.07, 6.45) is 1.23. The van der Waals surface area contributed by atoms with Crippen LogP contribution in [0.3, 0.4) is 0 Å². The first-order chi connectivity index (χ1) is 9.51. The highest BCUT2D eigenvalue weighted by atomic mass is 16.5. The molecule has 0 aliphatic heterocycles. The van der Waals surface area contributed by atoms with E-state index in [1.807, 2.05) is 32.9 Å². The Morgan fingerprint density at radius 1 is 1.35 bits per heavy atom. The summed E-state index contributed by atoms with van der Waals surface area (Å²) in [6.45, 7) is 7.66. The van der Waals surface area contributed by atoms with Crippen LogP contribution in [0.4, 0.5) is 0 Å². The topological polar surface area (TPSA) is 58.6 Å². The van der Waals surface area contributed by atoms with Gasteiger partial charge in [-0.2, -0.15) is 0 Å². The molecule has 0 spiro atoms. The van der Waals surface area contributed by atoms with Crippen molar-refractivity contribution in [3.8, 4) is 5.75 Å². The Hall–Kier alpha value is -1.55. The zero-order valence-electron chi connectivity index (χ0n) is 12.8. The van der Waals surface area contributed by atoms with E-state index in [9.17, 15) is 9.90 Å². The maximum atomic E-state index is 12.0. The molecule has 0 saturated heterocycles. The molecule has 1 aromatic rings. The Kier molecular flexibility index (Phi) is 6.52. The Balaban J connectivity index is 2.70. The van der Waals surface area contributed by atoms with Crippen LogP contribution in [0.1, 0.15) is 44.7 Å². The molecule has 0 fully saturated rings. The van der Waals surface area contributed by atoms with Crippen LogP contribution < -0.4 is 10.1 Å². The normalized spacial score (nSPS) is 12.3. The number of aliphatic hydroxyl groups excluding tert-OH is 1. The minimum Gasteiger partial charge on any atom is -0.481 e. The highest BCUT2D eigenvalue weighted by molar-refractivity contribution is 5.81. The summed E-state index contributed by atoms with van der Waals surface area (Å²) in [5.41, 5.74) is 1.75. The molecule has 0 aliphatic rings. The smallest absolute Gasteiger partial charge is 0.260 e. The van der Waals surface area contributed by atoms with Crippen LogP contribution in [0, 0.1) is 6.92 Å². The minimum absolute atomic E-state index is 0.0993. The van der Waals surface area contributed by atoms with Crippen molar-refractivity contribution in [2.45, 2.75) is 59.3 Å². The first-order valence-corrected chi connectivity index (χ1v) is 7.19. The lowest BCUT2D eigenvalue weighted by atomic mass is 10.1. The molecular formula is C16H25NO3. The van der Waals surface area contributed by atoms with Crippen molar-refractivity contribution in [3.63, 3.8) is 0 Å². The molecule has 1 atom stereocenters. The molecule has 20 heavy (non-hydrogen) atoms. The minimum atomic E-state index is -0.580. The first kappa shape index (κ1) is 16.5.